The Morgan fingerprint density at radius 2 is 1.90 bits per heavy atom. The highest BCUT2D eigenvalue weighted by atomic mass is 79.9. The molecule has 0 aromatic heterocycles. The summed E-state index contributed by atoms with van der Waals surface area (Å²) in [5.41, 5.74) is 4.49. The zero-order valence-electron chi connectivity index (χ0n) is 17.6. The first-order valence-electron chi connectivity index (χ1n) is 11.2. The van der Waals surface area contributed by atoms with Crippen molar-refractivity contribution in [3.8, 4) is 0 Å². The molecular weight excluding hydrogens is 422 g/mol. The molecule has 0 bridgehead atoms. The van der Waals surface area contributed by atoms with Gasteiger partial charge >= 0.3 is 0 Å². The molecule has 1 heterocycles. The van der Waals surface area contributed by atoms with E-state index < -0.39 is 0 Å². The van der Waals surface area contributed by atoms with Crippen molar-refractivity contribution < 1.29 is 0 Å². The second-order valence-electron chi connectivity index (χ2n) is 8.64. The molecule has 1 aliphatic heterocycles. The lowest BCUT2D eigenvalue weighted by Gasteiger charge is -2.40. The Morgan fingerprint density at radius 3 is 2.76 bits per heavy atom. The molecule has 2 aliphatic rings. The number of halogens is 1. The van der Waals surface area contributed by atoms with Gasteiger partial charge in [0.2, 0.25) is 0 Å². The van der Waals surface area contributed by atoms with E-state index >= 15 is 0 Å². The van der Waals surface area contributed by atoms with Crippen LogP contribution in [-0.4, -0.2) is 49.6 Å². The highest BCUT2D eigenvalue weighted by Gasteiger charge is 2.26. The number of likely N-dealkylation sites (N-methyl/N-ethyl adjacent to an activating group) is 1. The van der Waals surface area contributed by atoms with E-state index in [4.69, 9.17) is 0 Å². The predicted octanol–water partition coefficient (Wildman–Crippen LogP) is 5.19. The van der Waals surface area contributed by atoms with E-state index in [1.165, 1.54) is 66.4 Å². The fourth-order valence-electron chi connectivity index (χ4n) is 4.96. The quantitative estimate of drug-likeness (QED) is 0.477. The van der Waals surface area contributed by atoms with Gasteiger partial charge in [-0.05, 0) is 62.0 Å². The van der Waals surface area contributed by atoms with Gasteiger partial charge in [-0.1, -0.05) is 64.8 Å². The topological polar surface area (TPSA) is 18.5 Å². The third kappa shape index (κ3) is 5.29. The number of nitrogens with one attached hydrogen (secondary N) is 1. The first-order chi connectivity index (χ1) is 14.2. The summed E-state index contributed by atoms with van der Waals surface area (Å²) in [4.78, 5) is 5.15. The van der Waals surface area contributed by atoms with Crippen LogP contribution in [0.5, 0.6) is 0 Å². The molecule has 2 aromatic carbocycles. The summed E-state index contributed by atoms with van der Waals surface area (Å²) in [6.45, 7) is 5.71. The van der Waals surface area contributed by atoms with Gasteiger partial charge in [-0.3, -0.25) is 4.90 Å². The molecule has 2 aromatic rings. The molecule has 2 atom stereocenters. The van der Waals surface area contributed by atoms with Crippen LogP contribution in [0, 0.1) is 0 Å². The third-order valence-electron chi connectivity index (χ3n) is 6.59. The normalized spacial score (nSPS) is 23.5. The summed E-state index contributed by atoms with van der Waals surface area (Å²) >= 11 is 3.77. The zero-order valence-corrected chi connectivity index (χ0v) is 19.2. The Kier molecular flexibility index (Phi) is 7.41. The molecule has 4 heteroatoms. The number of hydrogen-bond donors (Lipinski definition) is 1. The lowest BCUT2D eigenvalue weighted by molar-refractivity contribution is 0.0886. The van der Waals surface area contributed by atoms with Crippen molar-refractivity contribution >= 4 is 15.9 Å². The molecule has 0 saturated carbocycles. The molecule has 1 aliphatic carbocycles. The molecule has 29 heavy (non-hydrogen) atoms. The Balaban J connectivity index is 1.34. The first-order valence-corrected chi connectivity index (χ1v) is 12.0. The molecule has 1 N–H and O–H groups in total. The van der Waals surface area contributed by atoms with Gasteiger partial charge in [0.15, 0.2) is 0 Å². The highest BCUT2D eigenvalue weighted by molar-refractivity contribution is 9.10. The predicted molar refractivity (Wildman–Crippen MR) is 125 cm³/mol. The van der Waals surface area contributed by atoms with Crippen molar-refractivity contribution in [1.29, 1.82) is 0 Å². The van der Waals surface area contributed by atoms with Gasteiger partial charge < -0.3 is 10.2 Å². The first kappa shape index (κ1) is 21.0. The Hall–Kier alpha value is -1.20. The van der Waals surface area contributed by atoms with Gasteiger partial charge in [-0.15, -0.1) is 0 Å². The Labute approximate surface area is 184 Å². The van der Waals surface area contributed by atoms with Gasteiger partial charge in [0.05, 0.1) is 0 Å². The summed E-state index contributed by atoms with van der Waals surface area (Å²) in [5, 5.41) is 3.89. The van der Waals surface area contributed by atoms with E-state index in [9.17, 15) is 0 Å². The van der Waals surface area contributed by atoms with Gasteiger partial charge in [-0.25, -0.2) is 0 Å². The minimum atomic E-state index is 0.502. The number of rotatable bonds is 6. The van der Waals surface area contributed by atoms with Crippen LogP contribution in [0.25, 0.3) is 0 Å². The van der Waals surface area contributed by atoms with Crippen LogP contribution in [0.1, 0.15) is 54.5 Å². The van der Waals surface area contributed by atoms with Gasteiger partial charge in [0.25, 0.3) is 0 Å². The van der Waals surface area contributed by atoms with E-state index in [-0.39, 0.29) is 0 Å². The summed E-state index contributed by atoms with van der Waals surface area (Å²) in [6.07, 6.45) is 6.27. The standard InChI is InChI=1S/C25H34BrN3/c1-28-17-18-29(25(19-28)20-9-3-2-4-10-20)16-8-15-27-24-14-6-5-11-21-22(24)12-7-13-23(21)26/h2-4,7,9-10,12-13,24-25,27H,5-6,8,11,14-19H2,1H3. The van der Waals surface area contributed by atoms with E-state index in [2.05, 4.69) is 86.6 Å². The lowest BCUT2D eigenvalue weighted by Crippen LogP contribution is -2.47. The molecule has 0 amide bonds. The minimum Gasteiger partial charge on any atom is -0.310 e. The van der Waals surface area contributed by atoms with Crippen molar-refractivity contribution in [2.75, 3.05) is 39.8 Å². The Morgan fingerprint density at radius 1 is 1.03 bits per heavy atom. The number of nitrogens with zero attached hydrogens (tertiary/aromatic N) is 2. The van der Waals surface area contributed by atoms with Crippen LogP contribution in [0.3, 0.4) is 0 Å². The summed E-state index contributed by atoms with van der Waals surface area (Å²) in [5.74, 6) is 0. The monoisotopic (exact) mass is 455 g/mol. The van der Waals surface area contributed by atoms with Crippen LogP contribution in [0.15, 0.2) is 53.0 Å². The average molecular weight is 456 g/mol. The minimum absolute atomic E-state index is 0.502. The largest absolute Gasteiger partial charge is 0.310 e. The van der Waals surface area contributed by atoms with Crippen LogP contribution < -0.4 is 5.32 Å². The maximum absolute atomic E-state index is 3.89. The summed E-state index contributed by atoms with van der Waals surface area (Å²) in [6, 6.07) is 18.8. The number of hydrogen-bond acceptors (Lipinski definition) is 3. The molecule has 2 unspecified atom stereocenters. The SMILES string of the molecule is CN1CCN(CCCNC2CCCCc3c(Br)cccc32)C(c2ccccc2)C1. The summed E-state index contributed by atoms with van der Waals surface area (Å²) < 4.78 is 1.28. The maximum Gasteiger partial charge on any atom is 0.0475 e. The van der Waals surface area contributed by atoms with Gasteiger partial charge in [-0.2, -0.15) is 0 Å². The molecule has 1 fully saturated rings. The summed E-state index contributed by atoms with van der Waals surface area (Å²) in [7, 11) is 2.25. The molecule has 1 saturated heterocycles. The maximum atomic E-state index is 3.89. The van der Waals surface area contributed by atoms with E-state index in [0.29, 0.717) is 12.1 Å². The second-order valence-corrected chi connectivity index (χ2v) is 9.49. The molecule has 0 radical (unpaired) electrons. The van der Waals surface area contributed by atoms with E-state index in [0.717, 1.165) is 19.6 Å². The van der Waals surface area contributed by atoms with Crippen LogP contribution in [-0.2, 0) is 6.42 Å². The molecule has 0 spiro atoms. The van der Waals surface area contributed by atoms with Crippen molar-refractivity contribution in [2.24, 2.45) is 0 Å². The average Bonchev–Trinajstić information content (AvgIpc) is 2.96. The van der Waals surface area contributed by atoms with E-state index in [1.54, 1.807) is 0 Å². The molecule has 156 valence electrons. The number of benzene rings is 2. The number of piperazine rings is 1. The molecule has 4 rings (SSSR count). The van der Waals surface area contributed by atoms with Gasteiger partial charge in [0.1, 0.15) is 0 Å². The molecular formula is C25H34BrN3. The fourth-order valence-corrected chi connectivity index (χ4v) is 5.54. The van der Waals surface area contributed by atoms with Crippen LogP contribution >= 0.6 is 15.9 Å². The number of fused-ring (bicyclic) bond motifs is 1. The van der Waals surface area contributed by atoms with Crippen molar-refractivity contribution in [3.05, 3.63) is 69.7 Å². The van der Waals surface area contributed by atoms with Crippen molar-refractivity contribution in [3.63, 3.8) is 0 Å². The third-order valence-corrected chi connectivity index (χ3v) is 7.33. The van der Waals surface area contributed by atoms with Crippen molar-refractivity contribution in [1.82, 2.24) is 15.1 Å². The smallest absolute Gasteiger partial charge is 0.0475 e. The fraction of sp³-hybridized carbons (Fsp3) is 0.520. The van der Waals surface area contributed by atoms with Crippen LogP contribution in [0.2, 0.25) is 0 Å². The second kappa shape index (κ2) is 10.2. The van der Waals surface area contributed by atoms with Gasteiger partial charge in [0, 0.05) is 42.7 Å². The zero-order chi connectivity index (χ0) is 20.1. The van der Waals surface area contributed by atoms with Crippen LogP contribution in [0.4, 0.5) is 0 Å². The highest BCUT2D eigenvalue weighted by Crippen LogP contribution is 2.33. The van der Waals surface area contributed by atoms with E-state index in [1.807, 2.05) is 0 Å². The van der Waals surface area contributed by atoms with Crippen molar-refractivity contribution in [2.45, 2.75) is 44.2 Å². The molecule has 3 nitrogen and oxygen atoms in total. The lowest BCUT2D eigenvalue weighted by atomic mass is 9.99. The Bertz CT molecular complexity index is 779.